The van der Waals surface area contributed by atoms with Crippen LogP contribution in [0.15, 0.2) is 0 Å². The molecule has 4 atom stereocenters. The molecule has 1 saturated carbocycles. The van der Waals surface area contributed by atoms with Crippen molar-refractivity contribution >= 4 is 23.7 Å². The van der Waals surface area contributed by atoms with Crippen molar-refractivity contribution in [2.45, 2.75) is 55.7 Å². The number of rotatable bonds is 6. The first-order valence-corrected chi connectivity index (χ1v) is 9.80. The number of piperidine rings is 1. The Hall–Kier alpha value is -0.990. The minimum absolute atomic E-state index is 0.00470. The average Bonchev–Trinajstić information content (AvgIpc) is 3.36. The second-order valence-electron chi connectivity index (χ2n) is 7.16. The van der Waals surface area contributed by atoms with E-state index < -0.39 is 0 Å². The van der Waals surface area contributed by atoms with E-state index >= 15 is 0 Å². The molecular weight excluding hydrogens is 328 g/mol. The van der Waals surface area contributed by atoms with Crippen LogP contribution in [0.2, 0.25) is 0 Å². The molecule has 1 aliphatic carbocycles. The Bertz CT molecular complexity index is 478. The van der Waals surface area contributed by atoms with E-state index in [1.165, 1.54) is 11.8 Å². The van der Waals surface area contributed by atoms with Gasteiger partial charge in [-0.2, -0.15) is 0 Å². The third-order valence-corrected chi connectivity index (χ3v) is 6.69. The van der Waals surface area contributed by atoms with Gasteiger partial charge >= 0.3 is 6.03 Å². The number of thioether (sulfide) groups is 1. The summed E-state index contributed by atoms with van der Waals surface area (Å²) in [5, 5.41) is 12.4. The summed E-state index contributed by atoms with van der Waals surface area (Å²) in [6.07, 6.45) is 4.44. The molecule has 0 bridgehead atoms. The van der Waals surface area contributed by atoms with Crippen LogP contribution in [0.3, 0.4) is 0 Å². The van der Waals surface area contributed by atoms with Gasteiger partial charge in [0, 0.05) is 32.2 Å². The molecule has 0 radical (unpaired) electrons. The first-order chi connectivity index (χ1) is 11.5. The topological polar surface area (TPSA) is 91.5 Å². The molecule has 7 nitrogen and oxygen atoms in total. The summed E-state index contributed by atoms with van der Waals surface area (Å²) in [7, 11) is 1.75. The van der Waals surface area contributed by atoms with Gasteiger partial charge in [-0.15, -0.1) is 11.8 Å². The Morgan fingerprint density at radius 2 is 2.17 bits per heavy atom. The number of carbonyl (C=O) groups is 2. The van der Waals surface area contributed by atoms with Crippen molar-refractivity contribution in [3.8, 4) is 0 Å². The Labute approximate surface area is 147 Å². The van der Waals surface area contributed by atoms with Gasteiger partial charge in [-0.25, -0.2) is 4.79 Å². The maximum atomic E-state index is 12.4. The Balaban J connectivity index is 1.44. The molecule has 3 amide bonds. The lowest BCUT2D eigenvalue weighted by Gasteiger charge is -2.35. The fourth-order valence-electron chi connectivity index (χ4n) is 3.57. The molecular formula is C16H28N4O3S. The average molecular weight is 356 g/mol. The highest BCUT2D eigenvalue weighted by Gasteiger charge is 2.51. The van der Waals surface area contributed by atoms with E-state index in [0.29, 0.717) is 24.3 Å². The lowest BCUT2D eigenvalue weighted by molar-refractivity contribution is -0.119. The number of ether oxygens (including phenoxy) is 1. The summed E-state index contributed by atoms with van der Waals surface area (Å²) in [5.74, 6) is 0.749. The quantitative estimate of drug-likeness (QED) is 0.553. The molecule has 136 valence electrons. The highest BCUT2D eigenvalue weighted by molar-refractivity contribution is 8.00. The summed E-state index contributed by atoms with van der Waals surface area (Å²) >= 11 is 1.51. The van der Waals surface area contributed by atoms with Crippen LogP contribution in [-0.2, 0) is 9.53 Å². The molecule has 3 aliphatic rings. The van der Waals surface area contributed by atoms with Gasteiger partial charge in [0.1, 0.15) is 0 Å². The Morgan fingerprint density at radius 3 is 2.79 bits per heavy atom. The first kappa shape index (κ1) is 17.8. The largest absolute Gasteiger partial charge is 0.380 e. The van der Waals surface area contributed by atoms with Gasteiger partial charge < -0.3 is 26.0 Å². The zero-order valence-corrected chi connectivity index (χ0v) is 15.2. The van der Waals surface area contributed by atoms with Crippen LogP contribution in [0.1, 0.15) is 32.6 Å². The van der Waals surface area contributed by atoms with Gasteiger partial charge in [0.2, 0.25) is 5.91 Å². The van der Waals surface area contributed by atoms with Gasteiger partial charge in [-0.05, 0) is 25.7 Å². The number of methoxy groups -OCH3 is 1. The second kappa shape index (κ2) is 7.49. The number of hydrogen-bond acceptors (Lipinski definition) is 5. The summed E-state index contributed by atoms with van der Waals surface area (Å²) in [6, 6.07) is 0.194. The number of amides is 3. The van der Waals surface area contributed by atoms with Crippen LogP contribution < -0.4 is 21.3 Å². The lowest BCUT2D eigenvalue weighted by Crippen LogP contribution is -2.57. The lowest BCUT2D eigenvalue weighted by atomic mass is 9.94. The van der Waals surface area contributed by atoms with Crippen LogP contribution in [0.5, 0.6) is 0 Å². The molecule has 2 saturated heterocycles. The van der Waals surface area contributed by atoms with Gasteiger partial charge in [-0.3, -0.25) is 4.79 Å². The van der Waals surface area contributed by atoms with Crippen molar-refractivity contribution in [2.24, 2.45) is 5.92 Å². The van der Waals surface area contributed by atoms with Crippen LogP contribution in [0.25, 0.3) is 0 Å². The standard InChI is InChI=1S/C16H28N4O3S/c1-10-7-18-15(22)19-14(10)24-9-13(21)20-16(5-6-16)12-4-3-11(23-2)8-17-12/h10-12,14,17H,3-9H2,1-2H3,(H,20,21)(H2,18,19,22). The van der Waals surface area contributed by atoms with Crippen molar-refractivity contribution < 1.29 is 14.3 Å². The molecule has 3 fully saturated rings. The number of nitrogens with one attached hydrogen (secondary N) is 4. The fourth-order valence-corrected chi connectivity index (χ4v) is 4.59. The van der Waals surface area contributed by atoms with E-state index in [-0.39, 0.29) is 29.0 Å². The normalized spacial score (nSPS) is 34.8. The molecule has 2 aliphatic heterocycles. The summed E-state index contributed by atoms with van der Waals surface area (Å²) in [6.45, 7) is 3.58. The second-order valence-corrected chi connectivity index (χ2v) is 8.29. The molecule has 0 spiro atoms. The van der Waals surface area contributed by atoms with Gasteiger partial charge in [0.25, 0.3) is 0 Å². The van der Waals surface area contributed by atoms with Crippen LogP contribution in [0, 0.1) is 5.92 Å². The molecule has 8 heteroatoms. The summed E-state index contributed by atoms with van der Waals surface area (Å²) in [4.78, 5) is 23.8. The zero-order chi connectivity index (χ0) is 17.2. The fraction of sp³-hybridized carbons (Fsp3) is 0.875. The Morgan fingerprint density at radius 1 is 1.38 bits per heavy atom. The molecule has 0 aromatic rings. The van der Waals surface area contributed by atoms with Gasteiger partial charge in [0.05, 0.1) is 22.8 Å². The van der Waals surface area contributed by atoms with E-state index in [1.54, 1.807) is 7.11 Å². The smallest absolute Gasteiger partial charge is 0.315 e. The molecule has 4 unspecified atom stereocenters. The Kier molecular flexibility index (Phi) is 5.56. The molecule has 0 aromatic heterocycles. The number of hydrogen-bond donors (Lipinski definition) is 4. The molecule has 3 rings (SSSR count). The van der Waals surface area contributed by atoms with Crippen molar-refractivity contribution in [1.82, 2.24) is 21.3 Å². The monoisotopic (exact) mass is 356 g/mol. The molecule has 4 N–H and O–H groups in total. The van der Waals surface area contributed by atoms with Gasteiger partial charge in [-0.1, -0.05) is 6.92 Å². The van der Waals surface area contributed by atoms with Gasteiger partial charge in [0.15, 0.2) is 0 Å². The third kappa shape index (κ3) is 4.15. The van der Waals surface area contributed by atoms with E-state index in [0.717, 1.165) is 32.2 Å². The zero-order valence-electron chi connectivity index (χ0n) is 14.4. The number of urea groups is 1. The summed E-state index contributed by atoms with van der Waals surface area (Å²) < 4.78 is 5.39. The van der Waals surface area contributed by atoms with E-state index in [1.807, 2.05) is 0 Å². The first-order valence-electron chi connectivity index (χ1n) is 8.75. The van der Waals surface area contributed by atoms with E-state index in [2.05, 4.69) is 28.2 Å². The van der Waals surface area contributed by atoms with Crippen LogP contribution >= 0.6 is 11.8 Å². The minimum atomic E-state index is -0.149. The van der Waals surface area contributed by atoms with Crippen molar-refractivity contribution in [3.63, 3.8) is 0 Å². The maximum Gasteiger partial charge on any atom is 0.315 e. The summed E-state index contributed by atoms with van der Waals surface area (Å²) in [5.41, 5.74) is -0.0701. The highest BCUT2D eigenvalue weighted by atomic mass is 32.2. The van der Waals surface area contributed by atoms with Crippen LogP contribution in [-0.4, -0.2) is 60.9 Å². The number of carbonyl (C=O) groups excluding carboxylic acids is 2. The van der Waals surface area contributed by atoms with E-state index in [4.69, 9.17) is 4.74 Å². The predicted octanol–water partition coefficient (Wildman–Crippen LogP) is 0.410. The molecule has 24 heavy (non-hydrogen) atoms. The highest BCUT2D eigenvalue weighted by Crippen LogP contribution is 2.41. The van der Waals surface area contributed by atoms with Crippen LogP contribution in [0.4, 0.5) is 4.79 Å². The van der Waals surface area contributed by atoms with Crippen molar-refractivity contribution in [2.75, 3.05) is 26.0 Å². The molecule has 0 aromatic carbocycles. The predicted molar refractivity (Wildman–Crippen MR) is 93.9 cm³/mol. The third-order valence-electron chi connectivity index (χ3n) is 5.32. The van der Waals surface area contributed by atoms with Crippen molar-refractivity contribution in [3.05, 3.63) is 0 Å². The van der Waals surface area contributed by atoms with Crippen molar-refractivity contribution in [1.29, 1.82) is 0 Å². The maximum absolute atomic E-state index is 12.4. The van der Waals surface area contributed by atoms with E-state index in [9.17, 15) is 9.59 Å². The molecule has 2 heterocycles. The SMILES string of the molecule is COC1CCC(C2(NC(=O)CSC3NC(=O)NCC3C)CC2)NC1. The minimum Gasteiger partial charge on any atom is -0.380 e.